The van der Waals surface area contributed by atoms with Crippen LogP contribution in [0, 0.1) is 11.3 Å². The van der Waals surface area contributed by atoms with E-state index in [1.54, 1.807) is 12.1 Å². The van der Waals surface area contributed by atoms with Gasteiger partial charge in [-0.2, -0.15) is 10.2 Å². The summed E-state index contributed by atoms with van der Waals surface area (Å²) in [5.41, 5.74) is 10.9. The minimum atomic E-state index is -0.353. The number of thiazole rings is 1. The van der Waals surface area contributed by atoms with E-state index in [0.717, 1.165) is 57.6 Å². The molecule has 0 spiro atoms. The number of aromatic nitrogens is 3. The van der Waals surface area contributed by atoms with Crippen LogP contribution in [0.2, 0.25) is 10.0 Å². The van der Waals surface area contributed by atoms with Crippen LogP contribution in [0.3, 0.4) is 0 Å². The zero-order valence-electron chi connectivity index (χ0n) is 19.1. The molecule has 6 rings (SSSR count). The van der Waals surface area contributed by atoms with E-state index in [-0.39, 0.29) is 16.3 Å². The van der Waals surface area contributed by atoms with Crippen LogP contribution >= 0.6 is 34.5 Å². The van der Waals surface area contributed by atoms with Crippen LogP contribution in [-0.4, -0.2) is 20.7 Å². The predicted molar refractivity (Wildman–Crippen MR) is 150 cm³/mol. The van der Waals surface area contributed by atoms with Crippen molar-refractivity contribution in [3.05, 3.63) is 90.6 Å². The fraction of sp³-hybridized carbons (Fsp3) is 0.0741. The third kappa shape index (κ3) is 3.89. The lowest BCUT2D eigenvalue weighted by atomic mass is 9.96. The molecule has 0 fully saturated rings. The second kappa shape index (κ2) is 9.12. The molecule has 2 aromatic carbocycles. The summed E-state index contributed by atoms with van der Waals surface area (Å²) in [4.78, 5) is 28.3. The lowest BCUT2D eigenvalue weighted by Gasteiger charge is -2.13. The Morgan fingerprint density at radius 2 is 1.76 bits per heavy atom. The third-order valence-corrected chi connectivity index (χ3v) is 7.73. The minimum Gasteiger partial charge on any atom is -0.390 e. The van der Waals surface area contributed by atoms with Crippen LogP contribution in [0.15, 0.2) is 58.3 Å². The first-order valence-electron chi connectivity index (χ1n) is 11.3. The molecule has 0 aliphatic heterocycles. The lowest BCUT2D eigenvalue weighted by Crippen LogP contribution is -2.16. The first-order valence-corrected chi connectivity index (χ1v) is 12.8. The summed E-state index contributed by atoms with van der Waals surface area (Å²) < 4.78 is 1.34. The number of rotatable bonds is 3. The van der Waals surface area contributed by atoms with Crippen molar-refractivity contribution in [3.63, 3.8) is 0 Å². The maximum absolute atomic E-state index is 14.0. The van der Waals surface area contributed by atoms with Crippen LogP contribution in [0.25, 0.3) is 38.8 Å². The van der Waals surface area contributed by atoms with Gasteiger partial charge in [-0.15, -0.1) is 0 Å². The first-order chi connectivity index (χ1) is 18.0. The van der Waals surface area contributed by atoms with E-state index < -0.39 is 0 Å². The van der Waals surface area contributed by atoms with Gasteiger partial charge in [0.2, 0.25) is 4.96 Å². The SMILES string of the molecule is N#Cc1sc2nc3nc4c(c(-c5ccc(Cl)cc5)c3c(=O)n2c1/N=C/N)CC/C4=C\c1ccc(Cl)cc1. The molecule has 3 aromatic heterocycles. The molecule has 37 heavy (non-hydrogen) atoms. The summed E-state index contributed by atoms with van der Waals surface area (Å²) >= 11 is 13.3. The smallest absolute Gasteiger partial charge is 0.270 e. The Hall–Kier alpha value is -4.03. The van der Waals surface area contributed by atoms with E-state index in [1.165, 1.54) is 4.40 Å². The molecule has 5 aromatic rings. The minimum absolute atomic E-state index is 0.162. The largest absolute Gasteiger partial charge is 0.390 e. The van der Waals surface area contributed by atoms with Gasteiger partial charge in [0, 0.05) is 15.6 Å². The van der Waals surface area contributed by atoms with Gasteiger partial charge in [0.25, 0.3) is 5.56 Å². The van der Waals surface area contributed by atoms with Crippen molar-refractivity contribution in [3.8, 4) is 17.2 Å². The summed E-state index contributed by atoms with van der Waals surface area (Å²) in [6.45, 7) is 0. The number of allylic oxidation sites excluding steroid dienone is 1. The number of hydrogen-bond donors (Lipinski definition) is 1. The predicted octanol–water partition coefficient (Wildman–Crippen LogP) is 6.25. The number of fused-ring (bicyclic) bond motifs is 3. The van der Waals surface area contributed by atoms with Gasteiger partial charge in [-0.25, -0.2) is 14.4 Å². The van der Waals surface area contributed by atoms with Gasteiger partial charge in [0.1, 0.15) is 6.07 Å². The molecule has 7 nitrogen and oxygen atoms in total. The van der Waals surface area contributed by atoms with E-state index in [2.05, 4.69) is 17.1 Å². The first kappa shape index (κ1) is 23.4. The molecule has 0 unspecified atom stereocenters. The summed E-state index contributed by atoms with van der Waals surface area (Å²) in [6.07, 6.45) is 4.62. The highest BCUT2D eigenvalue weighted by molar-refractivity contribution is 7.18. The third-order valence-electron chi connectivity index (χ3n) is 6.29. The summed E-state index contributed by atoms with van der Waals surface area (Å²) in [6, 6.07) is 17.1. The Kier molecular flexibility index (Phi) is 5.76. The van der Waals surface area contributed by atoms with Gasteiger partial charge in [-0.3, -0.25) is 4.79 Å². The van der Waals surface area contributed by atoms with Crippen LogP contribution in [0.5, 0.6) is 0 Å². The number of aliphatic imine (C=N–C) groups is 1. The molecular formula is C27H16Cl2N6OS. The topological polar surface area (TPSA) is 109 Å². The Bertz CT molecular complexity index is 1880. The fourth-order valence-corrected chi connectivity index (χ4v) is 5.82. The molecule has 2 N–H and O–H groups in total. The zero-order valence-corrected chi connectivity index (χ0v) is 21.4. The normalized spacial score (nSPS) is 14.1. The molecule has 0 saturated carbocycles. The van der Waals surface area contributed by atoms with Crippen LogP contribution in [-0.2, 0) is 6.42 Å². The monoisotopic (exact) mass is 542 g/mol. The van der Waals surface area contributed by atoms with Crippen molar-refractivity contribution < 1.29 is 0 Å². The molecule has 10 heteroatoms. The van der Waals surface area contributed by atoms with Crippen molar-refractivity contribution in [2.75, 3.05) is 0 Å². The Labute approximate surface area is 224 Å². The molecule has 180 valence electrons. The number of halogens is 2. The summed E-state index contributed by atoms with van der Waals surface area (Å²) in [7, 11) is 0. The average molecular weight is 543 g/mol. The van der Waals surface area contributed by atoms with Gasteiger partial charge in [0.05, 0.1) is 17.4 Å². The number of benzene rings is 2. The number of nitrogens with zero attached hydrogens (tertiary/aromatic N) is 5. The van der Waals surface area contributed by atoms with Gasteiger partial charge in [-0.1, -0.05) is 58.8 Å². The second-order valence-corrected chi connectivity index (χ2v) is 10.3. The molecule has 0 saturated heterocycles. The van der Waals surface area contributed by atoms with E-state index in [1.807, 2.05) is 36.4 Å². The highest BCUT2D eigenvalue weighted by Crippen LogP contribution is 2.42. The van der Waals surface area contributed by atoms with E-state index in [4.69, 9.17) is 38.9 Å². The molecule has 1 aliphatic carbocycles. The van der Waals surface area contributed by atoms with Gasteiger partial charge in [-0.05, 0) is 65.4 Å². The molecule has 0 amide bonds. The molecule has 0 atom stereocenters. The van der Waals surface area contributed by atoms with E-state index in [0.29, 0.717) is 32.5 Å². The zero-order chi connectivity index (χ0) is 25.7. The summed E-state index contributed by atoms with van der Waals surface area (Å²) in [5.74, 6) is 0.162. The number of nitriles is 1. The van der Waals surface area contributed by atoms with Gasteiger partial charge in [0.15, 0.2) is 16.3 Å². The van der Waals surface area contributed by atoms with Crippen molar-refractivity contribution in [2.45, 2.75) is 12.8 Å². The molecular weight excluding hydrogens is 527 g/mol. The fourth-order valence-electron chi connectivity index (χ4n) is 4.71. The highest BCUT2D eigenvalue weighted by Gasteiger charge is 2.28. The average Bonchev–Trinajstić information content (AvgIpc) is 3.46. The molecule has 0 bridgehead atoms. The van der Waals surface area contributed by atoms with Crippen LogP contribution < -0.4 is 11.3 Å². The Morgan fingerprint density at radius 3 is 2.43 bits per heavy atom. The van der Waals surface area contributed by atoms with Gasteiger partial charge < -0.3 is 5.73 Å². The summed E-state index contributed by atoms with van der Waals surface area (Å²) in [5, 5.41) is 11.2. The van der Waals surface area contributed by atoms with Crippen molar-refractivity contribution >= 4 is 74.3 Å². The van der Waals surface area contributed by atoms with E-state index in [9.17, 15) is 10.1 Å². The Morgan fingerprint density at radius 1 is 1.05 bits per heavy atom. The standard InChI is InChI=1S/C27H16Cl2N6OS/c28-17-6-1-14(2-7-17)11-16-5-10-19-21(15-3-8-18(29)9-4-15)22-24(33-23(16)19)34-27-35(26(22)36)25(32-13-31)20(12-30)37-27/h1-4,6-9,11,13H,5,10H2,(H2,31,32)/b16-11+. The number of nitrogens with two attached hydrogens (primary N) is 1. The maximum Gasteiger partial charge on any atom is 0.270 e. The maximum atomic E-state index is 14.0. The van der Waals surface area contributed by atoms with Crippen molar-refractivity contribution in [2.24, 2.45) is 10.7 Å². The number of hydrogen-bond acceptors (Lipinski definition) is 6. The second-order valence-electron chi connectivity index (χ2n) is 8.42. The molecule has 3 heterocycles. The van der Waals surface area contributed by atoms with E-state index >= 15 is 0 Å². The Balaban J connectivity index is 1.71. The van der Waals surface area contributed by atoms with Crippen molar-refractivity contribution in [1.29, 1.82) is 5.26 Å². The van der Waals surface area contributed by atoms with Gasteiger partial charge >= 0.3 is 0 Å². The highest BCUT2D eigenvalue weighted by atomic mass is 35.5. The molecule has 0 radical (unpaired) electrons. The van der Waals surface area contributed by atoms with Crippen LogP contribution in [0.1, 0.15) is 28.1 Å². The quantitative estimate of drug-likeness (QED) is 0.214. The number of pyridine rings is 1. The molecule has 1 aliphatic rings. The lowest BCUT2D eigenvalue weighted by molar-refractivity contribution is 1.07. The van der Waals surface area contributed by atoms with Crippen molar-refractivity contribution in [1.82, 2.24) is 14.4 Å². The van der Waals surface area contributed by atoms with Crippen LogP contribution in [0.4, 0.5) is 5.82 Å².